The lowest BCUT2D eigenvalue weighted by Crippen LogP contribution is -2.64. The van der Waals surface area contributed by atoms with Gasteiger partial charge in [-0.2, -0.15) is 0 Å². The molecule has 1 amide bonds. The molecule has 20 heavy (non-hydrogen) atoms. The standard InChI is InChI=1S/C16H22N2O2/c1-11-3-6-14(7-12(11)2)17-15(19)8-18-9-16(20,10-18)13-4-5-13/h3,6-7,13,20H,4-5,8-10H2,1-2H3,(H,17,19). The fourth-order valence-corrected chi connectivity index (χ4v) is 2.94. The molecule has 3 rings (SSSR count). The van der Waals surface area contributed by atoms with E-state index in [2.05, 4.69) is 12.2 Å². The Balaban J connectivity index is 1.49. The molecule has 1 saturated carbocycles. The molecule has 4 heteroatoms. The first kappa shape index (κ1) is 13.6. The van der Waals surface area contributed by atoms with Crippen LogP contribution in [0.3, 0.4) is 0 Å². The van der Waals surface area contributed by atoms with E-state index in [0.717, 1.165) is 18.5 Å². The molecule has 1 aromatic rings. The van der Waals surface area contributed by atoms with E-state index in [-0.39, 0.29) is 5.91 Å². The van der Waals surface area contributed by atoms with Crippen LogP contribution in [0, 0.1) is 19.8 Å². The third-order valence-corrected chi connectivity index (χ3v) is 4.49. The normalized spacial score (nSPS) is 21.4. The average molecular weight is 274 g/mol. The van der Waals surface area contributed by atoms with E-state index in [0.29, 0.717) is 25.6 Å². The molecule has 0 unspecified atom stereocenters. The van der Waals surface area contributed by atoms with Crippen LogP contribution in [0.2, 0.25) is 0 Å². The van der Waals surface area contributed by atoms with Gasteiger partial charge < -0.3 is 10.4 Å². The fraction of sp³-hybridized carbons (Fsp3) is 0.562. The molecular weight excluding hydrogens is 252 g/mol. The van der Waals surface area contributed by atoms with E-state index in [4.69, 9.17) is 0 Å². The molecule has 1 aliphatic heterocycles. The van der Waals surface area contributed by atoms with E-state index < -0.39 is 5.60 Å². The summed E-state index contributed by atoms with van der Waals surface area (Å²) in [4.78, 5) is 14.0. The third kappa shape index (κ3) is 2.72. The summed E-state index contributed by atoms with van der Waals surface area (Å²) in [5, 5.41) is 13.1. The van der Waals surface area contributed by atoms with Crippen molar-refractivity contribution in [3.8, 4) is 0 Å². The monoisotopic (exact) mass is 274 g/mol. The molecule has 1 saturated heterocycles. The highest BCUT2D eigenvalue weighted by molar-refractivity contribution is 5.92. The predicted octanol–water partition coefficient (Wildman–Crippen LogP) is 1.70. The number of hydrogen-bond donors (Lipinski definition) is 2. The van der Waals surface area contributed by atoms with Crippen LogP contribution in [0.4, 0.5) is 5.69 Å². The summed E-state index contributed by atoms with van der Waals surface area (Å²) in [6, 6.07) is 5.93. The number of nitrogens with zero attached hydrogens (tertiary/aromatic N) is 1. The molecule has 0 atom stereocenters. The number of carbonyl (C=O) groups excluding carboxylic acids is 1. The Labute approximate surface area is 119 Å². The first-order valence-electron chi connectivity index (χ1n) is 7.28. The number of nitrogens with one attached hydrogen (secondary N) is 1. The highest BCUT2D eigenvalue weighted by atomic mass is 16.3. The Bertz CT molecular complexity index is 531. The first-order valence-corrected chi connectivity index (χ1v) is 7.28. The van der Waals surface area contributed by atoms with Crippen molar-refractivity contribution in [3.05, 3.63) is 29.3 Å². The van der Waals surface area contributed by atoms with E-state index in [1.54, 1.807) is 0 Å². The summed E-state index contributed by atoms with van der Waals surface area (Å²) in [6.07, 6.45) is 2.28. The van der Waals surface area contributed by atoms with Crippen molar-refractivity contribution in [2.24, 2.45) is 5.92 Å². The minimum Gasteiger partial charge on any atom is -0.387 e. The van der Waals surface area contributed by atoms with E-state index in [1.165, 1.54) is 11.1 Å². The summed E-state index contributed by atoms with van der Waals surface area (Å²) in [5.74, 6) is 0.465. The Morgan fingerprint density at radius 3 is 2.65 bits per heavy atom. The second-order valence-electron chi connectivity index (χ2n) is 6.37. The zero-order valence-electron chi connectivity index (χ0n) is 12.1. The number of anilines is 1. The van der Waals surface area contributed by atoms with Crippen LogP contribution in [0.1, 0.15) is 24.0 Å². The zero-order valence-corrected chi connectivity index (χ0v) is 12.1. The fourth-order valence-electron chi connectivity index (χ4n) is 2.94. The van der Waals surface area contributed by atoms with Crippen molar-refractivity contribution in [3.63, 3.8) is 0 Å². The molecule has 1 heterocycles. The average Bonchev–Trinajstić information content (AvgIpc) is 3.16. The summed E-state index contributed by atoms with van der Waals surface area (Å²) in [6.45, 7) is 5.73. The minimum atomic E-state index is -0.513. The molecule has 1 aliphatic carbocycles. The summed E-state index contributed by atoms with van der Waals surface area (Å²) in [7, 11) is 0. The topological polar surface area (TPSA) is 52.6 Å². The van der Waals surface area contributed by atoms with Gasteiger partial charge in [0.1, 0.15) is 0 Å². The van der Waals surface area contributed by atoms with Gasteiger partial charge in [0.25, 0.3) is 0 Å². The van der Waals surface area contributed by atoms with Gasteiger partial charge in [0.2, 0.25) is 5.91 Å². The molecule has 0 aromatic heterocycles. The van der Waals surface area contributed by atoms with Gasteiger partial charge in [0, 0.05) is 18.8 Å². The number of amides is 1. The van der Waals surface area contributed by atoms with Gasteiger partial charge in [0.15, 0.2) is 0 Å². The highest BCUT2D eigenvalue weighted by Gasteiger charge is 2.51. The van der Waals surface area contributed by atoms with Gasteiger partial charge in [0.05, 0.1) is 12.1 Å². The molecule has 4 nitrogen and oxygen atoms in total. The van der Waals surface area contributed by atoms with E-state index >= 15 is 0 Å². The lowest BCUT2D eigenvalue weighted by Gasteiger charge is -2.46. The van der Waals surface area contributed by atoms with Gasteiger partial charge in [-0.1, -0.05) is 6.07 Å². The third-order valence-electron chi connectivity index (χ3n) is 4.49. The number of rotatable bonds is 4. The second-order valence-corrected chi connectivity index (χ2v) is 6.37. The van der Waals surface area contributed by atoms with Crippen molar-refractivity contribution in [2.45, 2.75) is 32.3 Å². The van der Waals surface area contributed by atoms with Crippen LogP contribution in [-0.4, -0.2) is 41.1 Å². The molecule has 0 radical (unpaired) electrons. The van der Waals surface area contributed by atoms with Crippen molar-refractivity contribution >= 4 is 11.6 Å². The summed E-state index contributed by atoms with van der Waals surface area (Å²) < 4.78 is 0. The number of β-amino-alcohol motifs (C(OH)–C–C–N with tert-alkyl or cyclic N) is 1. The molecule has 2 fully saturated rings. The van der Waals surface area contributed by atoms with Crippen LogP contribution in [0.5, 0.6) is 0 Å². The largest absolute Gasteiger partial charge is 0.387 e. The maximum absolute atomic E-state index is 12.0. The number of aliphatic hydroxyl groups is 1. The van der Waals surface area contributed by atoms with Crippen LogP contribution in [-0.2, 0) is 4.79 Å². The van der Waals surface area contributed by atoms with E-state index in [1.807, 2.05) is 30.0 Å². The van der Waals surface area contributed by atoms with Crippen LogP contribution in [0.15, 0.2) is 18.2 Å². The first-order chi connectivity index (χ1) is 9.46. The number of carbonyl (C=O) groups is 1. The molecule has 108 valence electrons. The SMILES string of the molecule is Cc1ccc(NC(=O)CN2CC(O)(C3CC3)C2)cc1C. The maximum atomic E-state index is 12.0. The van der Waals surface area contributed by atoms with Crippen LogP contribution in [0.25, 0.3) is 0 Å². The van der Waals surface area contributed by atoms with Gasteiger partial charge in [-0.05, 0) is 55.9 Å². The highest BCUT2D eigenvalue weighted by Crippen LogP contribution is 2.44. The summed E-state index contributed by atoms with van der Waals surface area (Å²) >= 11 is 0. The smallest absolute Gasteiger partial charge is 0.238 e. The maximum Gasteiger partial charge on any atom is 0.238 e. The predicted molar refractivity (Wildman–Crippen MR) is 78.7 cm³/mol. The Kier molecular flexibility index (Phi) is 3.30. The minimum absolute atomic E-state index is 0.00824. The number of likely N-dealkylation sites (tertiary alicyclic amines) is 1. The quantitative estimate of drug-likeness (QED) is 0.878. The molecule has 1 aromatic carbocycles. The van der Waals surface area contributed by atoms with Gasteiger partial charge >= 0.3 is 0 Å². The van der Waals surface area contributed by atoms with Gasteiger partial charge in [-0.25, -0.2) is 0 Å². The Hall–Kier alpha value is -1.39. The van der Waals surface area contributed by atoms with Gasteiger partial charge in [-0.3, -0.25) is 9.69 Å². The number of hydrogen-bond acceptors (Lipinski definition) is 3. The van der Waals surface area contributed by atoms with Crippen LogP contribution >= 0.6 is 0 Å². The molecule has 2 N–H and O–H groups in total. The van der Waals surface area contributed by atoms with Crippen molar-refractivity contribution in [1.29, 1.82) is 0 Å². The zero-order chi connectivity index (χ0) is 14.3. The summed E-state index contributed by atoms with van der Waals surface area (Å²) in [5.41, 5.74) is 2.73. The van der Waals surface area contributed by atoms with Crippen molar-refractivity contribution in [1.82, 2.24) is 4.90 Å². The lowest BCUT2D eigenvalue weighted by molar-refractivity contribution is -0.132. The Morgan fingerprint density at radius 2 is 2.05 bits per heavy atom. The van der Waals surface area contributed by atoms with E-state index in [9.17, 15) is 9.90 Å². The Morgan fingerprint density at radius 1 is 1.35 bits per heavy atom. The molecule has 0 bridgehead atoms. The molecule has 2 aliphatic rings. The molecular formula is C16H22N2O2. The second kappa shape index (κ2) is 4.86. The molecule has 0 spiro atoms. The van der Waals surface area contributed by atoms with Gasteiger partial charge in [-0.15, -0.1) is 0 Å². The van der Waals surface area contributed by atoms with Crippen molar-refractivity contribution < 1.29 is 9.90 Å². The number of aryl methyl sites for hydroxylation is 2. The number of benzene rings is 1. The lowest BCUT2D eigenvalue weighted by atomic mass is 9.89. The van der Waals surface area contributed by atoms with Crippen molar-refractivity contribution in [2.75, 3.05) is 25.0 Å². The van der Waals surface area contributed by atoms with Crippen LogP contribution < -0.4 is 5.32 Å².